The summed E-state index contributed by atoms with van der Waals surface area (Å²) in [6, 6.07) is 0. The van der Waals surface area contributed by atoms with E-state index in [0.717, 1.165) is 0 Å². The van der Waals surface area contributed by atoms with E-state index in [1.54, 1.807) is 0 Å². The van der Waals surface area contributed by atoms with Gasteiger partial charge in [0, 0.05) is 13.1 Å². The quantitative estimate of drug-likeness (QED) is 0.508. The van der Waals surface area contributed by atoms with Gasteiger partial charge in [0.15, 0.2) is 0 Å². The number of amides is 1. The van der Waals surface area contributed by atoms with Crippen LogP contribution in [0.25, 0.3) is 0 Å². The van der Waals surface area contributed by atoms with E-state index < -0.39 is 30.0 Å². The van der Waals surface area contributed by atoms with Crippen LogP contribution >= 0.6 is 0 Å². The molecule has 4 atom stereocenters. The fourth-order valence-corrected chi connectivity index (χ4v) is 1.92. The molecule has 3 N–H and O–H groups in total. The Hall–Kier alpha value is -1.14. The lowest BCUT2D eigenvalue weighted by atomic mass is 10.3. The molecule has 0 aromatic rings. The second-order valence-electron chi connectivity index (χ2n) is 4.16. The minimum absolute atomic E-state index is 0.100. The van der Waals surface area contributed by atoms with Crippen LogP contribution in [0.1, 0.15) is 6.42 Å². The largest absolute Gasteiger partial charge is 0.481 e. The maximum Gasteiger partial charge on any atom is 0.307 e. The lowest BCUT2D eigenvalue weighted by Crippen LogP contribution is -2.32. The van der Waals surface area contributed by atoms with Gasteiger partial charge in [0.05, 0.1) is 24.0 Å². The smallest absolute Gasteiger partial charge is 0.307 e. The Bertz CT molecular complexity index is 295. The van der Waals surface area contributed by atoms with Gasteiger partial charge in [-0.3, -0.25) is 9.59 Å². The molecular weight excluding hydrogens is 202 g/mol. The monoisotopic (exact) mass is 215 g/mol. The highest BCUT2D eigenvalue weighted by atomic mass is 16.4. The number of aliphatic carboxylic acids is 1. The molecule has 1 saturated heterocycles. The van der Waals surface area contributed by atoms with Crippen LogP contribution in [0, 0.1) is 11.8 Å². The van der Waals surface area contributed by atoms with Crippen LogP contribution in [0.15, 0.2) is 0 Å². The van der Waals surface area contributed by atoms with Crippen molar-refractivity contribution in [3.63, 3.8) is 0 Å². The third-order valence-electron chi connectivity index (χ3n) is 3.00. The maximum atomic E-state index is 11.7. The number of hydrogen-bond donors (Lipinski definition) is 3. The number of likely N-dealkylation sites (tertiary alicyclic amines) is 1. The van der Waals surface area contributed by atoms with Gasteiger partial charge in [-0.05, 0) is 6.42 Å². The van der Waals surface area contributed by atoms with Gasteiger partial charge in [0.1, 0.15) is 0 Å². The SMILES string of the molecule is O=C(O)C1CC1C(=O)N1C[C@@H](O)[C@@H](O)C1. The summed E-state index contributed by atoms with van der Waals surface area (Å²) in [6.45, 7) is 0.200. The van der Waals surface area contributed by atoms with Gasteiger partial charge < -0.3 is 20.2 Å². The Labute approximate surface area is 86.1 Å². The molecule has 1 heterocycles. The van der Waals surface area contributed by atoms with Gasteiger partial charge >= 0.3 is 5.97 Å². The average molecular weight is 215 g/mol. The minimum Gasteiger partial charge on any atom is -0.481 e. The second kappa shape index (κ2) is 3.46. The lowest BCUT2D eigenvalue weighted by molar-refractivity contribution is -0.141. The predicted octanol–water partition coefficient (Wildman–Crippen LogP) is -1.73. The minimum atomic E-state index is -0.950. The fourth-order valence-electron chi connectivity index (χ4n) is 1.92. The first-order chi connectivity index (χ1) is 7.00. The third kappa shape index (κ3) is 1.82. The van der Waals surface area contributed by atoms with Crippen LogP contribution in [0.4, 0.5) is 0 Å². The van der Waals surface area contributed by atoms with E-state index in [9.17, 15) is 19.8 Å². The van der Waals surface area contributed by atoms with Gasteiger partial charge in [0.2, 0.25) is 5.91 Å². The zero-order valence-electron chi connectivity index (χ0n) is 8.04. The predicted molar refractivity (Wildman–Crippen MR) is 47.8 cm³/mol. The summed E-state index contributed by atoms with van der Waals surface area (Å²) in [5.74, 6) is -2.25. The van der Waals surface area contributed by atoms with Crippen molar-refractivity contribution in [1.82, 2.24) is 4.90 Å². The Morgan fingerprint density at radius 2 is 1.60 bits per heavy atom. The molecule has 84 valence electrons. The van der Waals surface area contributed by atoms with Crippen LogP contribution in [-0.2, 0) is 9.59 Å². The molecule has 2 rings (SSSR count). The van der Waals surface area contributed by atoms with E-state index in [4.69, 9.17) is 5.11 Å². The van der Waals surface area contributed by atoms with Crippen LogP contribution in [-0.4, -0.2) is 57.4 Å². The summed E-state index contributed by atoms with van der Waals surface area (Å²) in [6.07, 6.45) is -1.44. The Morgan fingerprint density at radius 1 is 1.07 bits per heavy atom. The molecule has 0 aromatic heterocycles. The molecule has 1 aliphatic carbocycles. The Balaban J connectivity index is 1.91. The van der Waals surface area contributed by atoms with Crippen molar-refractivity contribution >= 4 is 11.9 Å². The molecule has 0 bridgehead atoms. The molecule has 2 aliphatic rings. The molecule has 2 unspecified atom stereocenters. The number of aliphatic hydroxyl groups is 2. The number of carbonyl (C=O) groups excluding carboxylic acids is 1. The van der Waals surface area contributed by atoms with Gasteiger partial charge in [-0.2, -0.15) is 0 Å². The molecule has 1 saturated carbocycles. The van der Waals surface area contributed by atoms with Crippen molar-refractivity contribution in [1.29, 1.82) is 0 Å². The van der Waals surface area contributed by atoms with Crippen molar-refractivity contribution in [3.8, 4) is 0 Å². The van der Waals surface area contributed by atoms with Crippen molar-refractivity contribution in [2.24, 2.45) is 11.8 Å². The summed E-state index contributed by atoms with van der Waals surface area (Å²) in [7, 11) is 0. The van der Waals surface area contributed by atoms with Crippen molar-refractivity contribution in [2.75, 3.05) is 13.1 Å². The van der Waals surface area contributed by atoms with E-state index in [1.165, 1.54) is 4.90 Å². The molecule has 2 fully saturated rings. The van der Waals surface area contributed by atoms with Crippen molar-refractivity contribution in [2.45, 2.75) is 18.6 Å². The summed E-state index contributed by atoms with van der Waals surface area (Å²) in [5.41, 5.74) is 0. The summed E-state index contributed by atoms with van der Waals surface area (Å²) in [4.78, 5) is 23.5. The summed E-state index contributed by atoms with van der Waals surface area (Å²) < 4.78 is 0. The molecular formula is C9H13NO5. The molecule has 15 heavy (non-hydrogen) atoms. The maximum absolute atomic E-state index is 11.7. The first-order valence-corrected chi connectivity index (χ1v) is 4.88. The average Bonchev–Trinajstić information content (AvgIpc) is 2.89. The highest BCUT2D eigenvalue weighted by Crippen LogP contribution is 2.40. The first-order valence-electron chi connectivity index (χ1n) is 4.88. The molecule has 0 radical (unpaired) electrons. The topological polar surface area (TPSA) is 98.1 Å². The molecule has 1 amide bonds. The molecule has 6 heteroatoms. The van der Waals surface area contributed by atoms with E-state index in [2.05, 4.69) is 0 Å². The third-order valence-corrected chi connectivity index (χ3v) is 3.00. The molecule has 0 aromatic carbocycles. The summed E-state index contributed by atoms with van der Waals surface area (Å²) >= 11 is 0. The van der Waals surface area contributed by atoms with Gasteiger partial charge in [-0.1, -0.05) is 0 Å². The second-order valence-corrected chi connectivity index (χ2v) is 4.16. The van der Waals surface area contributed by atoms with Gasteiger partial charge in [0.25, 0.3) is 0 Å². The normalized spacial score (nSPS) is 39.2. The van der Waals surface area contributed by atoms with Gasteiger partial charge in [-0.15, -0.1) is 0 Å². The Kier molecular flexibility index (Phi) is 2.40. The van der Waals surface area contributed by atoms with Gasteiger partial charge in [-0.25, -0.2) is 0 Å². The van der Waals surface area contributed by atoms with Crippen LogP contribution < -0.4 is 0 Å². The summed E-state index contributed by atoms with van der Waals surface area (Å²) in [5, 5.41) is 27.1. The van der Waals surface area contributed by atoms with E-state index in [-0.39, 0.29) is 19.0 Å². The number of carboxylic acid groups (broad SMARTS) is 1. The number of nitrogens with zero attached hydrogens (tertiary/aromatic N) is 1. The van der Waals surface area contributed by atoms with Crippen molar-refractivity contribution < 1.29 is 24.9 Å². The van der Waals surface area contributed by atoms with E-state index >= 15 is 0 Å². The first kappa shape index (κ1) is 10.4. The number of aliphatic hydroxyl groups excluding tert-OH is 2. The van der Waals surface area contributed by atoms with Crippen LogP contribution in [0.5, 0.6) is 0 Å². The number of β-amino-alcohol motifs (C(OH)–C–C–N with tert-alkyl or cyclic N) is 2. The Morgan fingerprint density at radius 3 is 2.00 bits per heavy atom. The highest BCUT2D eigenvalue weighted by molar-refractivity contribution is 5.89. The van der Waals surface area contributed by atoms with Crippen LogP contribution in [0.3, 0.4) is 0 Å². The highest BCUT2D eigenvalue weighted by Gasteiger charge is 2.51. The molecule has 1 aliphatic heterocycles. The number of carbonyl (C=O) groups is 2. The van der Waals surface area contributed by atoms with E-state index in [1.807, 2.05) is 0 Å². The van der Waals surface area contributed by atoms with Crippen molar-refractivity contribution in [3.05, 3.63) is 0 Å². The molecule has 6 nitrogen and oxygen atoms in total. The lowest BCUT2D eigenvalue weighted by Gasteiger charge is -2.14. The van der Waals surface area contributed by atoms with E-state index in [0.29, 0.717) is 6.42 Å². The zero-order chi connectivity index (χ0) is 11.2. The fraction of sp³-hybridized carbons (Fsp3) is 0.778. The zero-order valence-corrected chi connectivity index (χ0v) is 8.04. The standard InChI is InChI=1S/C9H13NO5/c11-6-2-10(3-7(6)12)8(13)4-1-5(4)9(14)15/h4-7,11-12H,1-3H2,(H,14,15)/t4?,5?,6-,7+. The molecule has 0 spiro atoms. The number of hydrogen-bond acceptors (Lipinski definition) is 4. The number of carboxylic acids is 1. The number of rotatable bonds is 2. The van der Waals surface area contributed by atoms with Crippen LogP contribution in [0.2, 0.25) is 0 Å².